The lowest BCUT2D eigenvalue weighted by molar-refractivity contribution is -0.383. The number of amides is 1. The van der Waals surface area contributed by atoms with Crippen molar-refractivity contribution in [2.24, 2.45) is 0 Å². The number of nitrogens with zero attached hydrogens (tertiary/aromatic N) is 3. The lowest BCUT2D eigenvalue weighted by Crippen LogP contribution is -2.43. The zero-order chi connectivity index (χ0) is 14.6. The molecule has 4 N–H and O–H groups in total. The fraction of sp³-hybridized carbons (Fsp3) is 0.500. The lowest BCUT2D eigenvalue weighted by atomic mass is 10.1. The quantitative estimate of drug-likeness (QED) is 0.527. The van der Waals surface area contributed by atoms with Gasteiger partial charge in [-0.2, -0.15) is 0 Å². The molecular formula is C10H16N6O3. The first kappa shape index (κ1) is 14.6. The number of carbonyl (C=O) groups excluding carboxylic acids is 1. The van der Waals surface area contributed by atoms with E-state index in [2.05, 4.69) is 20.6 Å². The Morgan fingerprint density at radius 3 is 2.63 bits per heavy atom. The number of carbonyl (C=O) groups is 1. The summed E-state index contributed by atoms with van der Waals surface area (Å²) in [7, 11) is 0. The van der Waals surface area contributed by atoms with Crippen LogP contribution in [0, 0.1) is 10.1 Å². The molecule has 0 aliphatic carbocycles. The summed E-state index contributed by atoms with van der Waals surface area (Å²) in [5.74, 6) is -0.640. The zero-order valence-corrected chi connectivity index (χ0v) is 10.9. The second-order valence-corrected chi connectivity index (χ2v) is 4.86. The maximum absolute atomic E-state index is 11.6. The van der Waals surface area contributed by atoms with Crippen LogP contribution < -0.4 is 16.4 Å². The van der Waals surface area contributed by atoms with Gasteiger partial charge in [-0.15, -0.1) is 0 Å². The summed E-state index contributed by atoms with van der Waals surface area (Å²) in [6, 6.07) is 0. The number of nitro groups is 1. The van der Waals surface area contributed by atoms with Gasteiger partial charge in [0.2, 0.25) is 17.5 Å². The summed E-state index contributed by atoms with van der Waals surface area (Å²) in [6.07, 6.45) is 1.09. The molecule has 9 nitrogen and oxygen atoms in total. The number of hydrogen-bond donors (Lipinski definition) is 3. The molecule has 1 amide bonds. The summed E-state index contributed by atoms with van der Waals surface area (Å²) < 4.78 is 0. The Bertz CT molecular complexity index is 497. The van der Waals surface area contributed by atoms with E-state index >= 15 is 0 Å². The number of hydrogen-bond acceptors (Lipinski definition) is 7. The van der Waals surface area contributed by atoms with Crippen molar-refractivity contribution < 1.29 is 9.72 Å². The van der Waals surface area contributed by atoms with E-state index in [-0.39, 0.29) is 29.6 Å². The molecule has 0 aliphatic rings. The van der Waals surface area contributed by atoms with Crippen molar-refractivity contribution in [1.82, 2.24) is 15.3 Å². The van der Waals surface area contributed by atoms with Gasteiger partial charge in [-0.25, -0.2) is 9.97 Å². The van der Waals surface area contributed by atoms with Gasteiger partial charge >= 0.3 is 5.69 Å². The van der Waals surface area contributed by atoms with Crippen LogP contribution in [0.3, 0.4) is 0 Å². The lowest BCUT2D eigenvalue weighted by Gasteiger charge is -2.20. The predicted molar refractivity (Wildman–Crippen MR) is 69.5 cm³/mol. The minimum Gasteiger partial charge on any atom is -0.378 e. The van der Waals surface area contributed by atoms with Gasteiger partial charge in [-0.3, -0.25) is 14.9 Å². The number of nitrogens with one attached hydrogen (secondary N) is 2. The van der Waals surface area contributed by atoms with Gasteiger partial charge in [-0.1, -0.05) is 0 Å². The van der Waals surface area contributed by atoms with E-state index in [1.807, 2.05) is 20.8 Å². The van der Waals surface area contributed by atoms with Crippen molar-refractivity contribution in [3.63, 3.8) is 0 Å². The topological polar surface area (TPSA) is 136 Å². The number of aromatic nitrogens is 2. The highest BCUT2D eigenvalue weighted by Gasteiger charge is 2.21. The highest BCUT2D eigenvalue weighted by Crippen LogP contribution is 2.25. The molecule has 1 heterocycles. The molecule has 0 saturated heterocycles. The fourth-order valence-electron chi connectivity index (χ4n) is 1.33. The number of rotatable bonds is 4. The molecule has 104 valence electrons. The minimum atomic E-state index is -0.695. The Kier molecular flexibility index (Phi) is 4.20. The maximum Gasteiger partial charge on any atom is 0.352 e. The second-order valence-electron chi connectivity index (χ2n) is 4.86. The van der Waals surface area contributed by atoms with Crippen LogP contribution in [0.4, 0.5) is 17.3 Å². The SMILES string of the molecule is CC(C)(C)NC(=O)CNc1ncnc(N)c1[N+](=O)[O-]. The van der Waals surface area contributed by atoms with Crippen LogP contribution in [0.1, 0.15) is 20.8 Å². The van der Waals surface area contributed by atoms with E-state index in [4.69, 9.17) is 5.73 Å². The molecule has 0 spiro atoms. The van der Waals surface area contributed by atoms with Crippen molar-refractivity contribution >= 4 is 23.2 Å². The molecule has 0 aliphatic heterocycles. The molecule has 0 atom stereocenters. The van der Waals surface area contributed by atoms with Crippen LogP contribution in [0.15, 0.2) is 6.33 Å². The number of nitrogen functional groups attached to an aromatic ring is 1. The highest BCUT2D eigenvalue weighted by atomic mass is 16.6. The van der Waals surface area contributed by atoms with Gasteiger partial charge in [0.15, 0.2) is 0 Å². The molecule has 9 heteroatoms. The van der Waals surface area contributed by atoms with Crippen LogP contribution in [-0.2, 0) is 4.79 Å². The van der Waals surface area contributed by atoms with Crippen molar-refractivity contribution in [3.8, 4) is 0 Å². The Balaban J connectivity index is 2.76. The summed E-state index contributed by atoms with van der Waals surface area (Å²) in [5, 5.41) is 16.1. The molecule has 0 bridgehead atoms. The van der Waals surface area contributed by atoms with E-state index in [1.165, 1.54) is 0 Å². The van der Waals surface area contributed by atoms with E-state index in [9.17, 15) is 14.9 Å². The van der Waals surface area contributed by atoms with E-state index in [1.54, 1.807) is 0 Å². The summed E-state index contributed by atoms with van der Waals surface area (Å²) in [4.78, 5) is 28.9. The zero-order valence-electron chi connectivity index (χ0n) is 10.9. The average molecular weight is 268 g/mol. The van der Waals surface area contributed by atoms with Crippen LogP contribution >= 0.6 is 0 Å². The molecular weight excluding hydrogens is 252 g/mol. The van der Waals surface area contributed by atoms with Crippen molar-refractivity contribution in [2.45, 2.75) is 26.3 Å². The minimum absolute atomic E-state index is 0.0819. The maximum atomic E-state index is 11.6. The molecule has 0 saturated carbocycles. The summed E-state index contributed by atoms with van der Waals surface area (Å²) in [5.41, 5.74) is 4.58. The van der Waals surface area contributed by atoms with Gasteiger partial charge < -0.3 is 16.4 Å². The third-order valence-electron chi connectivity index (χ3n) is 1.96. The van der Waals surface area contributed by atoms with Crippen LogP contribution in [0.25, 0.3) is 0 Å². The normalized spacial score (nSPS) is 10.9. The van der Waals surface area contributed by atoms with E-state index in [0.29, 0.717) is 0 Å². The first-order chi connectivity index (χ1) is 8.70. The van der Waals surface area contributed by atoms with E-state index in [0.717, 1.165) is 6.33 Å². The number of nitrogens with two attached hydrogens (primary N) is 1. The summed E-state index contributed by atoms with van der Waals surface area (Å²) >= 11 is 0. The van der Waals surface area contributed by atoms with Gasteiger partial charge in [0.25, 0.3) is 0 Å². The van der Waals surface area contributed by atoms with Crippen LogP contribution in [0.5, 0.6) is 0 Å². The first-order valence-electron chi connectivity index (χ1n) is 5.50. The molecule has 0 radical (unpaired) electrons. The molecule has 1 aromatic heterocycles. The standard InChI is InChI=1S/C10H16N6O3/c1-10(2,3)15-6(17)4-12-9-7(16(18)19)8(11)13-5-14-9/h5H,4H2,1-3H3,(H,15,17)(H3,11,12,13,14). The Morgan fingerprint density at radius 2 is 2.11 bits per heavy atom. The smallest absolute Gasteiger partial charge is 0.352 e. The van der Waals surface area contributed by atoms with E-state index < -0.39 is 10.6 Å². The van der Waals surface area contributed by atoms with Crippen molar-refractivity contribution in [3.05, 3.63) is 16.4 Å². The van der Waals surface area contributed by atoms with Gasteiger partial charge in [0, 0.05) is 5.54 Å². The Hall–Kier alpha value is -2.45. The van der Waals surface area contributed by atoms with Crippen molar-refractivity contribution in [2.75, 3.05) is 17.6 Å². The third-order valence-corrected chi connectivity index (χ3v) is 1.96. The third kappa shape index (κ3) is 4.37. The summed E-state index contributed by atoms with van der Waals surface area (Å²) in [6.45, 7) is 5.34. The Morgan fingerprint density at radius 1 is 1.47 bits per heavy atom. The molecule has 0 aromatic carbocycles. The molecule has 19 heavy (non-hydrogen) atoms. The Labute approximate surface area is 109 Å². The van der Waals surface area contributed by atoms with Crippen LogP contribution in [0.2, 0.25) is 0 Å². The molecule has 0 fully saturated rings. The van der Waals surface area contributed by atoms with Gasteiger partial charge in [0.05, 0.1) is 11.5 Å². The monoisotopic (exact) mass is 268 g/mol. The molecule has 0 unspecified atom stereocenters. The first-order valence-corrected chi connectivity index (χ1v) is 5.50. The highest BCUT2D eigenvalue weighted by molar-refractivity contribution is 5.82. The predicted octanol–water partition coefficient (Wildman–Crippen LogP) is 0.294. The molecule has 1 aromatic rings. The molecule has 1 rings (SSSR count). The second kappa shape index (κ2) is 5.46. The number of anilines is 2. The van der Waals surface area contributed by atoms with Gasteiger partial charge in [-0.05, 0) is 20.8 Å². The largest absolute Gasteiger partial charge is 0.378 e. The van der Waals surface area contributed by atoms with Crippen LogP contribution in [-0.4, -0.2) is 32.9 Å². The fourth-order valence-corrected chi connectivity index (χ4v) is 1.33. The van der Waals surface area contributed by atoms with Crippen molar-refractivity contribution in [1.29, 1.82) is 0 Å². The average Bonchev–Trinajstić information content (AvgIpc) is 2.23. The van der Waals surface area contributed by atoms with Gasteiger partial charge in [0.1, 0.15) is 6.33 Å².